The fraction of sp³-hybridized carbons (Fsp3) is 0.412. The third kappa shape index (κ3) is 3.39. The van der Waals surface area contributed by atoms with Gasteiger partial charge in [-0.25, -0.2) is 19.9 Å². The number of morpholine rings is 1. The first-order chi connectivity index (χ1) is 12.2. The van der Waals surface area contributed by atoms with Gasteiger partial charge in [-0.3, -0.25) is 0 Å². The van der Waals surface area contributed by atoms with E-state index in [4.69, 9.17) is 4.74 Å². The third-order valence-corrected chi connectivity index (χ3v) is 4.24. The molecule has 2 N–H and O–H groups in total. The van der Waals surface area contributed by atoms with Crippen LogP contribution in [0.2, 0.25) is 0 Å². The van der Waals surface area contributed by atoms with Crippen molar-refractivity contribution in [3.8, 4) is 0 Å². The Bertz CT molecular complexity index is 838. The van der Waals surface area contributed by atoms with E-state index in [0.29, 0.717) is 12.2 Å². The number of aromatic nitrogens is 5. The molecule has 0 unspecified atom stereocenters. The van der Waals surface area contributed by atoms with Crippen LogP contribution in [-0.2, 0) is 11.3 Å². The minimum Gasteiger partial charge on any atom is -0.372 e. The zero-order chi connectivity index (χ0) is 17.2. The number of aromatic amines is 1. The predicted octanol–water partition coefficient (Wildman–Crippen LogP) is 1.97. The molecule has 0 bridgehead atoms. The van der Waals surface area contributed by atoms with Gasteiger partial charge >= 0.3 is 0 Å². The average Bonchev–Trinajstić information content (AvgIpc) is 3.09. The molecule has 1 saturated heterocycles. The Labute approximate surface area is 145 Å². The second kappa shape index (κ2) is 6.64. The van der Waals surface area contributed by atoms with Crippen LogP contribution in [0.15, 0.2) is 31.0 Å². The molecule has 0 amide bonds. The molecule has 130 valence electrons. The lowest BCUT2D eigenvalue weighted by Crippen LogP contribution is -2.45. The molecule has 25 heavy (non-hydrogen) atoms. The summed E-state index contributed by atoms with van der Waals surface area (Å²) in [5, 5.41) is 3.31. The van der Waals surface area contributed by atoms with Crippen molar-refractivity contribution in [3.63, 3.8) is 0 Å². The molecule has 3 aromatic rings. The summed E-state index contributed by atoms with van der Waals surface area (Å²) in [6.07, 6.45) is 5.47. The second-order valence-corrected chi connectivity index (χ2v) is 6.36. The summed E-state index contributed by atoms with van der Waals surface area (Å²) in [4.78, 5) is 22.4. The fourth-order valence-corrected chi connectivity index (χ4v) is 3.16. The SMILES string of the molecule is C[C@H]1CN(c2ccc(CNc3ncnc4nc[nH]c34)cn2)C[C@H](C)O1. The molecule has 1 fully saturated rings. The smallest absolute Gasteiger partial charge is 0.182 e. The highest BCUT2D eigenvalue weighted by molar-refractivity contribution is 5.81. The molecular formula is C17H21N7O. The van der Waals surface area contributed by atoms with E-state index in [1.807, 2.05) is 6.20 Å². The van der Waals surface area contributed by atoms with Crippen LogP contribution in [0.4, 0.5) is 11.6 Å². The Kier molecular flexibility index (Phi) is 4.19. The number of fused-ring (bicyclic) bond motifs is 1. The van der Waals surface area contributed by atoms with Crippen molar-refractivity contribution < 1.29 is 4.74 Å². The zero-order valence-electron chi connectivity index (χ0n) is 14.3. The van der Waals surface area contributed by atoms with Crippen LogP contribution in [0.1, 0.15) is 19.4 Å². The number of hydrogen-bond donors (Lipinski definition) is 2. The quantitative estimate of drug-likeness (QED) is 0.751. The summed E-state index contributed by atoms with van der Waals surface area (Å²) in [6, 6.07) is 4.15. The van der Waals surface area contributed by atoms with Crippen molar-refractivity contribution in [3.05, 3.63) is 36.5 Å². The van der Waals surface area contributed by atoms with E-state index >= 15 is 0 Å². The van der Waals surface area contributed by atoms with Crippen LogP contribution in [-0.4, -0.2) is 50.2 Å². The Morgan fingerprint density at radius 2 is 2.00 bits per heavy atom. The van der Waals surface area contributed by atoms with Crippen molar-refractivity contribution in [2.24, 2.45) is 0 Å². The molecule has 0 aromatic carbocycles. The molecule has 4 heterocycles. The molecule has 2 atom stereocenters. The van der Waals surface area contributed by atoms with Gasteiger partial charge < -0.3 is 19.9 Å². The van der Waals surface area contributed by atoms with Gasteiger partial charge in [-0.1, -0.05) is 6.07 Å². The topological polar surface area (TPSA) is 91.8 Å². The minimum atomic E-state index is 0.224. The standard InChI is InChI=1S/C17H21N7O/c1-11-7-24(8-12(2)25-11)14-4-3-13(5-18-14)6-19-16-15-17(21-9-20-15)23-10-22-16/h3-5,9-12H,6-8H2,1-2H3,(H2,19,20,21,22,23)/t11-,12-/m0/s1. The molecule has 4 rings (SSSR count). The van der Waals surface area contributed by atoms with Gasteiger partial charge in [0.05, 0.1) is 18.5 Å². The number of nitrogens with zero attached hydrogens (tertiary/aromatic N) is 5. The number of rotatable bonds is 4. The van der Waals surface area contributed by atoms with Gasteiger partial charge in [0.1, 0.15) is 17.7 Å². The summed E-state index contributed by atoms with van der Waals surface area (Å²) in [6.45, 7) is 6.56. The van der Waals surface area contributed by atoms with Gasteiger partial charge in [-0.2, -0.15) is 0 Å². The maximum atomic E-state index is 5.78. The normalized spacial score (nSPS) is 20.8. The monoisotopic (exact) mass is 339 g/mol. The van der Waals surface area contributed by atoms with E-state index in [1.165, 1.54) is 6.33 Å². The number of ether oxygens (including phenoxy) is 1. The van der Waals surface area contributed by atoms with Gasteiger partial charge in [0.2, 0.25) is 0 Å². The second-order valence-electron chi connectivity index (χ2n) is 6.36. The molecule has 0 saturated carbocycles. The highest BCUT2D eigenvalue weighted by atomic mass is 16.5. The summed E-state index contributed by atoms with van der Waals surface area (Å²) in [5.74, 6) is 1.73. The van der Waals surface area contributed by atoms with Crippen LogP contribution >= 0.6 is 0 Å². The Balaban J connectivity index is 1.43. The minimum absolute atomic E-state index is 0.224. The fourth-order valence-electron chi connectivity index (χ4n) is 3.16. The van der Waals surface area contributed by atoms with Gasteiger partial charge in [-0.15, -0.1) is 0 Å². The van der Waals surface area contributed by atoms with E-state index in [1.54, 1.807) is 6.33 Å². The van der Waals surface area contributed by atoms with Crippen molar-refractivity contribution in [1.29, 1.82) is 0 Å². The molecule has 8 heteroatoms. The molecule has 0 radical (unpaired) electrons. The molecule has 8 nitrogen and oxygen atoms in total. The van der Waals surface area contributed by atoms with Crippen molar-refractivity contribution in [1.82, 2.24) is 24.9 Å². The number of hydrogen-bond acceptors (Lipinski definition) is 7. The third-order valence-electron chi connectivity index (χ3n) is 4.24. The first-order valence-electron chi connectivity index (χ1n) is 8.42. The highest BCUT2D eigenvalue weighted by Crippen LogP contribution is 2.19. The van der Waals surface area contributed by atoms with Crippen molar-refractivity contribution in [2.45, 2.75) is 32.6 Å². The Morgan fingerprint density at radius 1 is 1.16 bits per heavy atom. The number of pyridine rings is 1. The summed E-state index contributed by atoms with van der Waals surface area (Å²) >= 11 is 0. The van der Waals surface area contributed by atoms with Crippen LogP contribution < -0.4 is 10.2 Å². The number of imidazole rings is 1. The number of nitrogens with one attached hydrogen (secondary N) is 2. The molecule has 1 aliphatic heterocycles. The summed E-state index contributed by atoms with van der Waals surface area (Å²) in [7, 11) is 0. The predicted molar refractivity (Wildman–Crippen MR) is 95.5 cm³/mol. The van der Waals surface area contributed by atoms with Crippen molar-refractivity contribution in [2.75, 3.05) is 23.3 Å². The highest BCUT2D eigenvalue weighted by Gasteiger charge is 2.22. The van der Waals surface area contributed by atoms with E-state index < -0.39 is 0 Å². The first kappa shape index (κ1) is 15.8. The lowest BCUT2D eigenvalue weighted by molar-refractivity contribution is -0.00545. The maximum Gasteiger partial charge on any atom is 0.182 e. The van der Waals surface area contributed by atoms with E-state index in [9.17, 15) is 0 Å². The lowest BCUT2D eigenvalue weighted by Gasteiger charge is -2.36. The summed E-state index contributed by atoms with van der Waals surface area (Å²) < 4.78 is 5.78. The maximum absolute atomic E-state index is 5.78. The number of anilines is 2. The molecule has 0 spiro atoms. The molecule has 0 aliphatic carbocycles. The van der Waals surface area contributed by atoms with Gasteiger partial charge in [0, 0.05) is 25.8 Å². The molecule has 3 aromatic heterocycles. The molecule has 1 aliphatic rings. The van der Waals surface area contributed by atoms with Crippen LogP contribution in [0.5, 0.6) is 0 Å². The van der Waals surface area contributed by atoms with Gasteiger partial charge in [0.15, 0.2) is 11.5 Å². The Hall–Kier alpha value is -2.74. The average molecular weight is 339 g/mol. The lowest BCUT2D eigenvalue weighted by atomic mass is 10.2. The van der Waals surface area contributed by atoms with E-state index in [2.05, 4.69) is 61.1 Å². The Morgan fingerprint density at radius 3 is 2.76 bits per heavy atom. The largest absolute Gasteiger partial charge is 0.372 e. The van der Waals surface area contributed by atoms with E-state index in [0.717, 1.165) is 35.8 Å². The van der Waals surface area contributed by atoms with Gasteiger partial charge in [0.25, 0.3) is 0 Å². The number of H-pyrrole nitrogens is 1. The van der Waals surface area contributed by atoms with Crippen LogP contribution in [0.25, 0.3) is 11.2 Å². The van der Waals surface area contributed by atoms with Crippen LogP contribution in [0, 0.1) is 0 Å². The van der Waals surface area contributed by atoms with Crippen molar-refractivity contribution >= 4 is 22.8 Å². The summed E-state index contributed by atoms with van der Waals surface area (Å²) in [5.41, 5.74) is 2.55. The molecular weight excluding hydrogens is 318 g/mol. The zero-order valence-corrected chi connectivity index (χ0v) is 14.3. The first-order valence-corrected chi connectivity index (χ1v) is 8.42. The van der Waals surface area contributed by atoms with Crippen LogP contribution in [0.3, 0.4) is 0 Å². The van der Waals surface area contributed by atoms with Gasteiger partial charge in [-0.05, 0) is 25.5 Å². The van der Waals surface area contributed by atoms with E-state index in [-0.39, 0.29) is 12.2 Å².